The maximum atomic E-state index is 13.3. The number of fused-ring (bicyclic) bond motifs is 4. The Hall–Kier alpha value is -2.90. The summed E-state index contributed by atoms with van der Waals surface area (Å²) in [5, 5.41) is 0. The van der Waals surface area contributed by atoms with Crippen LogP contribution >= 0.6 is 24.0 Å². The molecule has 2 aliphatic rings. The van der Waals surface area contributed by atoms with E-state index in [0.29, 0.717) is 11.8 Å². The molecule has 0 unspecified atom stereocenters. The zero-order chi connectivity index (χ0) is 22.8. The van der Waals surface area contributed by atoms with Crippen molar-refractivity contribution < 1.29 is 4.79 Å². The molecule has 5 rings (SSSR count). The van der Waals surface area contributed by atoms with E-state index in [1.165, 1.54) is 11.8 Å². The Morgan fingerprint density at radius 2 is 1.58 bits per heavy atom. The number of amides is 1. The quantitative estimate of drug-likeness (QED) is 0.514. The summed E-state index contributed by atoms with van der Waals surface area (Å²) in [7, 11) is 0. The van der Waals surface area contributed by atoms with Crippen LogP contribution in [0.5, 0.6) is 0 Å². The lowest BCUT2D eigenvalue weighted by atomic mass is 9.83. The van der Waals surface area contributed by atoms with Gasteiger partial charge in [0.25, 0.3) is 5.56 Å². The molecule has 2 bridgehead atoms. The van der Waals surface area contributed by atoms with Gasteiger partial charge in [-0.1, -0.05) is 66.4 Å². The SMILES string of the molecule is O=C(CSC(=S)N1C[C@@H]2C[C@@H](C1)c1cccc(=O)n1C2)N(c1ccccc1)c1ccccc1. The normalized spacial score (nSPS) is 19.0. The minimum absolute atomic E-state index is 0.00569. The van der Waals surface area contributed by atoms with Gasteiger partial charge in [-0.05, 0) is 42.7 Å². The van der Waals surface area contributed by atoms with Crippen LogP contribution in [0.4, 0.5) is 11.4 Å². The Labute approximate surface area is 203 Å². The van der Waals surface area contributed by atoms with Gasteiger partial charge < -0.3 is 9.47 Å². The van der Waals surface area contributed by atoms with Crippen molar-refractivity contribution in [3.8, 4) is 0 Å². The molecular formula is C26H25N3O2S2. The second-order valence-corrected chi connectivity index (χ2v) is 10.2. The summed E-state index contributed by atoms with van der Waals surface area (Å²) in [6.07, 6.45) is 1.09. The molecule has 7 heteroatoms. The summed E-state index contributed by atoms with van der Waals surface area (Å²) in [6, 6.07) is 25.0. The van der Waals surface area contributed by atoms with E-state index in [0.717, 1.165) is 47.4 Å². The standard InChI is InChI=1S/C26H25N3O2S2/c30-24-13-7-12-23-20-14-19(16-28(23)24)15-27(17-20)26(32)33-18-25(31)29(21-8-3-1-4-9-21)22-10-5-2-6-11-22/h1-13,19-20H,14-18H2/t19-,20-/m0/s1. The highest BCUT2D eigenvalue weighted by molar-refractivity contribution is 8.23. The second-order valence-electron chi connectivity index (χ2n) is 8.56. The first-order valence-electron chi connectivity index (χ1n) is 11.1. The van der Waals surface area contributed by atoms with Crippen molar-refractivity contribution in [2.24, 2.45) is 5.92 Å². The number of carbonyl (C=O) groups is 1. The highest BCUT2D eigenvalue weighted by atomic mass is 32.2. The van der Waals surface area contributed by atoms with Gasteiger partial charge in [0.05, 0.1) is 5.75 Å². The molecule has 168 valence electrons. The minimum Gasteiger partial charge on any atom is -0.356 e. The van der Waals surface area contributed by atoms with Crippen LogP contribution in [0.1, 0.15) is 18.0 Å². The van der Waals surface area contributed by atoms with Gasteiger partial charge in [0.15, 0.2) is 0 Å². The van der Waals surface area contributed by atoms with Crippen LogP contribution in [0.15, 0.2) is 83.7 Å². The highest BCUT2D eigenvalue weighted by Crippen LogP contribution is 2.36. The molecule has 3 aromatic rings. The van der Waals surface area contributed by atoms with Crippen LogP contribution in [0.3, 0.4) is 0 Å². The summed E-state index contributed by atoms with van der Waals surface area (Å²) in [6.45, 7) is 2.36. The number of para-hydroxylation sites is 2. The van der Waals surface area contributed by atoms with Gasteiger partial charge in [0.1, 0.15) is 4.32 Å². The molecule has 3 heterocycles. The van der Waals surface area contributed by atoms with Gasteiger partial charge in [-0.25, -0.2) is 0 Å². The fourth-order valence-corrected chi connectivity index (χ4v) is 5.95. The van der Waals surface area contributed by atoms with E-state index in [9.17, 15) is 9.59 Å². The minimum atomic E-state index is -0.00569. The van der Waals surface area contributed by atoms with Crippen molar-refractivity contribution in [2.75, 3.05) is 23.7 Å². The third-order valence-corrected chi connectivity index (χ3v) is 7.84. The molecule has 33 heavy (non-hydrogen) atoms. The lowest BCUT2D eigenvalue weighted by molar-refractivity contribution is -0.115. The fraction of sp³-hybridized carbons (Fsp3) is 0.269. The number of carbonyl (C=O) groups excluding carboxylic acids is 1. The van der Waals surface area contributed by atoms with Crippen molar-refractivity contribution in [1.29, 1.82) is 0 Å². The van der Waals surface area contributed by atoms with Crippen LogP contribution in [0.25, 0.3) is 0 Å². The monoisotopic (exact) mass is 475 g/mol. The molecule has 1 fully saturated rings. The van der Waals surface area contributed by atoms with Gasteiger partial charge in [-0.2, -0.15) is 0 Å². The Balaban J connectivity index is 1.28. The molecule has 2 aromatic carbocycles. The molecule has 2 aliphatic heterocycles. The van der Waals surface area contributed by atoms with Gasteiger partial charge in [0.2, 0.25) is 5.91 Å². The molecular weight excluding hydrogens is 450 g/mol. The van der Waals surface area contributed by atoms with E-state index in [1.807, 2.05) is 71.3 Å². The van der Waals surface area contributed by atoms with Crippen molar-refractivity contribution >= 4 is 45.6 Å². The number of hydrogen-bond acceptors (Lipinski definition) is 4. The number of piperidine rings is 1. The van der Waals surface area contributed by atoms with Gasteiger partial charge in [-0.15, -0.1) is 0 Å². The number of rotatable bonds is 4. The molecule has 5 nitrogen and oxygen atoms in total. The first-order chi connectivity index (χ1) is 16.1. The average molecular weight is 476 g/mol. The van der Waals surface area contributed by atoms with Crippen LogP contribution in [-0.4, -0.2) is 38.5 Å². The van der Waals surface area contributed by atoms with E-state index in [1.54, 1.807) is 11.0 Å². The molecule has 0 N–H and O–H groups in total. The number of thioether (sulfide) groups is 1. The molecule has 1 aromatic heterocycles. The Morgan fingerprint density at radius 1 is 0.909 bits per heavy atom. The third-order valence-electron chi connectivity index (χ3n) is 6.34. The molecule has 2 atom stereocenters. The topological polar surface area (TPSA) is 45.6 Å². The average Bonchev–Trinajstić information content (AvgIpc) is 2.84. The number of nitrogens with zero attached hydrogens (tertiary/aromatic N) is 3. The summed E-state index contributed by atoms with van der Waals surface area (Å²) >= 11 is 7.19. The summed E-state index contributed by atoms with van der Waals surface area (Å²) in [4.78, 5) is 29.6. The smallest absolute Gasteiger partial charge is 0.250 e. The van der Waals surface area contributed by atoms with E-state index in [2.05, 4.69) is 11.0 Å². The Morgan fingerprint density at radius 3 is 2.24 bits per heavy atom. The molecule has 1 saturated heterocycles. The number of anilines is 2. The zero-order valence-corrected chi connectivity index (χ0v) is 19.8. The molecule has 0 radical (unpaired) electrons. The Bertz CT molecular complexity index is 1170. The largest absolute Gasteiger partial charge is 0.356 e. The van der Waals surface area contributed by atoms with E-state index < -0.39 is 0 Å². The predicted molar refractivity (Wildman–Crippen MR) is 138 cm³/mol. The van der Waals surface area contributed by atoms with Gasteiger partial charge in [0, 0.05) is 48.7 Å². The second kappa shape index (κ2) is 9.53. The number of likely N-dealkylation sites (tertiary alicyclic amines) is 1. The molecule has 1 amide bonds. The molecule has 0 saturated carbocycles. The van der Waals surface area contributed by atoms with Crippen LogP contribution in [-0.2, 0) is 11.3 Å². The van der Waals surface area contributed by atoms with Gasteiger partial charge in [-0.3, -0.25) is 14.5 Å². The first kappa shape index (κ1) is 21.9. The van der Waals surface area contributed by atoms with Crippen molar-refractivity contribution in [3.05, 3.63) is 94.9 Å². The molecule has 0 spiro atoms. The summed E-state index contributed by atoms with van der Waals surface area (Å²) in [5.41, 5.74) is 2.87. The van der Waals surface area contributed by atoms with E-state index in [-0.39, 0.29) is 17.2 Å². The van der Waals surface area contributed by atoms with Crippen LogP contribution < -0.4 is 10.5 Å². The summed E-state index contributed by atoms with van der Waals surface area (Å²) in [5.74, 6) is 0.959. The predicted octanol–water partition coefficient (Wildman–Crippen LogP) is 4.65. The van der Waals surface area contributed by atoms with Crippen LogP contribution in [0, 0.1) is 5.92 Å². The number of benzene rings is 2. The highest BCUT2D eigenvalue weighted by Gasteiger charge is 2.35. The van der Waals surface area contributed by atoms with Gasteiger partial charge >= 0.3 is 0 Å². The van der Waals surface area contributed by atoms with Crippen molar-refractivity contribution in [1.82, 2.24) is 9.47 Å². The van der Waals surface area contributed by atoms with Crippen molar-refractivity contribution in [3.63, 3.8) is 0 Å². The number of thiocarbonyl (C=S) groups is 1. The number of hydrogen-bond donors (Lipinski definition) is 0. The summed E-state index contributed by atoms with van der Waals surface area (Å²) < 4.78 is 2.68. The van der Waals surface area contributed by atoms with E-state index >= 15 is 0 Å². The number of pyridine rings is 1. The number of aromatic nitrogens is 1. The molecule has 0 aliphatic carbocycles. The third kappa shape index (κ3) is 4.61. The van der Waals surface area contributed by atoms with E-state index in [4.69, 9.17) is 12.2 Å². The van der Waals surface area contributed by atoms with Crippen molar-refractivity contribution in [2.45, 2.75) is 18.9 Å². The maximum absolute atomic E-state index is 13.3. The fourth-order valence-electron chi connectivity index (χ4n) is 4.92. The first-order valence-corrected chi connectivity index (χ1v) is 12.5. The lowest BCUT2D eigenvalue weighted by Gasteiger charge is -2.43. The zero-order valence-electron chi connectivity index (χ0n) is 18.2. The van der Waals surface area contributed by atoms with Crippen LogP contribution in [0.2, 0.25) is 0 Å². The Kier molecular flexibility index (Phi) is 6.33. The maximum Gasteiger partial charge on any atom is 0.250 e. The lowest BCUT2D eigenvalue weighted by Crippen LogP contribution is -2.48.